The van der Waals surface area contributed by atoms with Gasteiger partial charge in [-0.25, -0.2) is 0 Å². The first-order chi connectivity index (χ1) is 15.2. The molecule has 7 heteroatoms. The van der Waals surface area contributed by atoms with Gasteiger partial charge in [-0.2, -0.15) is 0 Å². The molecular weight excluding hydrogens is 515 g/mol. The molecule has 2 aliphatic heterocycles. The third kappa shape index (κ3) is 5.81. The maximum Gasteiger partial charge on any atom is 0.223 e. The summed E-state index contributed by atoms with van der Waals surface area (Å²) in [6, 6.07) is 16.7. The van der Waals surface area contributed by atoms with E-state index in [9.17, 15) is 4.79 Å². The summed E-state index contributed by atoms with van der Waals surface area (Å²) in [6.07, 6.45) is 1.38. The summed E-state index contributed by atoms with van der Waals surface area (Å²) in [7, 11) is 1.81. The second-order valence-electron chi connectivity index (χ2n) is 8.26. The van der Waals surface area contributed by atoms with Crippen LogP contribution in [0, 0.1) is 6.92 Å². The van der Waals surface area contributed by atoms with Gasteiger partial charge in [0.15, 0.2) is 5.96 Å². The van der Waals surface area contributed by atoms with Crippen molar-refractivity contribution >= 4 is 35.8 Å². The number of fused-ring (bicyclic) bond motifs is 1. The minimum atomic E-state index is 0. The molecule has 0 radical (unpaired) electrons. The largest absolute Gasteiger partial charge is 0.370 e. The Bertz CT molecular complexity index is 924. The van der Waals surface area contributed by atoms with Crippen LogP contribution in [0.2, 0.25) is 0 Å². The zero-order valence-corrected chi connectivity index (χ0v) is 21.2. The monoisotopic (exact) mass is 548 g/mol. The molecule has 0 bridgehead atoms. The molecule has 2 aliphatic rings. The van der Waals surface area contributed by atoms with Crippen LogP contribution in [0.15, 0.2) is 53.5 Å². The molecule has 1 unspecified atom stereocenters. The van der Waals surface area contributed by atoms with Crippen molar-refractivity contribution in [3.63, 3.8) is 0 Å². The van der Waals surface area contributed by atoms with Crippen LogP contribution in [-0.2, 0) is 22.6 Å². The highest BCUT2D eigenvalue weighted by Gasteiger charge is 2.25. The fourth-order valence-electron chi connectivity index (χ4n) is 4.42. The highest BCUT2D eigenvalue weighted by molar-refractivity contribution is 14.0. The fourth-order valence-corrected chi connectivity index (χ4v) is 4.42. The van der Waals surface area contributed by atoms with Gasteiger partial charge >= 0.3 is 0 Å². The Kier molecular flexibility index (Phi) is 8.92. The van der Waals surface area contributed by atoms with Crippen molar-refractivity contribution in [2.24, 2.45) is 4.99 Å². The van der Waals surface area contributed by atoms with Crippen LogP contribution in [0.5, 0.6) is 0 Å². The average Bonchev–Trinajstić information content (AvgIpc) is 3.24. The molecule has 6 nitrogen and oxygen atoms in total. The van der Waals surface area contributed by atoms with Crippen molar-refractivity contribution in [3.05, 3.63) is 70.8 Å². The molecule has 0 aliphatic carbocycles. The van der Waals surface area contributed by atoms with E-state index in [-0.39, 0.29) is 36.0 Å². The van der Waals surface area contributed by atoms with Crippen molar-refractivity contribution in [2.75, 3.05) is 33.3 Å². The Morgan fingerprint density at radius 3 is 2.47 bits per heavy atom. The van der Waals surface area contributed by atoms with Gasteiger partial charge in [0, 0.05) is 39.6 Å². The lowest BCUT2D eigenvalue weighted by atomic mass is 10.0. The first-order valence-corrected chi connectivity index (χ1v) is 11.1. The van der Waals surface area contributed by atoms with Gasteiger partial charge in [-0.15, -0.1) is 24.0 Å². The van der Waals surface area contributed by atoms with E-state index >= 15 is 0 Å². The van der Waals surface area contributed by atoms with Crippen molar-refractivity contribution < 1.29 is 9.53 Å². The van der Waals surface area contributed by atoms with Crippen molar-refractivity contribution in [2.45, 2.75) is 39.0 Å². The molecule has 1 saturated heterocycles. The molecule has 2 aromatic rings. The topological polar surface area (TPSA) is 57.2 Å². The van der Waals surface area contributed by atoms with Gasteiger partial charge in [0.1, 0.15) is 6.10 Å². The SMILES string of the molecule is CN=C(NCCCC(=O)N1Cc2ccccc2C1)N1CCOC(c2ccccc2C)C1.I. The van der Waals surface area contributed by atoms with E-state index in [1.807, 2.05) is 24.1 Å². The first kappa shape index (κ1) is 24.5. The lowest BCUT2D eigenvalue weighted by molar-refractivity contribution is -0.131. The molecule has 32 heavy (non-hydrogen) atoms. The van der Waals surface area contributed by atoms with E-state index in [0.717, 1.165) is 45.1 Å². The van der Waals surface area contributed by atoms with Gasteiger partial charge in [-0.3, -0.25) is 9.79 Å². The van der Waals surface area contributed by atoms with E-state index in [1.54, 1.807) is 0 Å². The van der Waals surface area contributed by atoms with Crippen molar-refractivity contribution in [3.8, 4) is 0 Å². The van der Waals surface area contributed by atoms with Crippen LogP contribution in [0.1, 0.15) is 41.2 Å². The Hall–Kier alpha value is -2.13. The number of benzene rings is 2. The second-order valence-corrected chi connectivity index (χ2v) is 8.26. The number of carbonyl (C=O) groups excluding carboxylic acids is 1. The van der Waals surface area contributed by atoms with Crippen LogP contribution >= 0.6 is 24.0 Å². The molecule has 4 rings (SSSR count). The number of rotatable bonds is 5. The lowest BCUT2D eigenvalue weighted by Gasteiger charge is -2.35. The third-order valence-corrected chi connectivity index (χ3v) is 6.16. The molecule has 0 saturated carbocycles. The van der Waals surface area contributed by atoms with Gasteiger partial charge in [0.05, 0.1) is 13.2 Å². The highest BCUT2D eigenvalue weighted by Crippen LogP contribution is 2.25. The number of aliphatic imine (C=N–C) groups is 1. The molecule has 172 valence electrons. The van der Waals surface area contributed by atoms with Crippen LogP contribution in [0.4, 0.5) is 0 Å². The summed E-state index contributed by atoms with van der Waals surface area (Å²) >= 11 is 0. The van der Waals surface area contributed by atoms with Crippen molar-refractivity contribution in [1.82, 2.24) is 15.1 Å². The standard InChI is InChI=1S/C25H32N4O2.HI/c1-19-8-3-6-11-22(19)23-18-28(14-15-31-23)25(26-2)27-13-7-12-24(30)29-16-20-9-4-5-10-21(20)17-29;/h3-6,8-11,23H,7,12-18H2,1-2H3,(H,26,27);1H. The molecule has 2 heterocycles. The smallest absolute Gasteiger partial charge is 0.223 e. The molecule has 2 aromatic carbocycles. The predicted octanol–water partition coefficient (Wildman–Crippen LogP) is 3.88. The highest BCUT2D eigenvalue weighted by atomic mass is 127. The predicted molar refractivity (Wildman–Crippen MR) is 138 cm³/mol. The number of hydrogen-bond donors (Lipinski definition) is 1. The van der Waals surface area contributed by atoms with Crippen molar-refractivity contribution in [1.29, 1.82) is 0 Å². The molecule has 1 fully saturated rings. The molecule has 1 atom stereocenters. The summed E-state index contributed by atoms with van der Waals surface area (Å²) < 4.78 is 6.04. The second kappa shape index (κ2) is 11.7. The molecule has 1 amide bonds. The van der Waals surface area contributed by atoms with E-state index < -0.39 is 0 Å². The van der Waals surface area contributed by atoms with E-state index in [4.69, 9.17) is 4.74 Å². The number of ether oxygens (including phenoxy) is 1. The number of hydrogen-bond acceptors (Lipinski definition) is 3. The van der Waals surface area contributed by atoms with Gasteiger partial charge in [0.25, 0.3) is 0 Å². The van der Waals surface area contributed by atoms with E-state index in [2.05, 4.69) is 58.5 Å². The Labute approximate surface area is 208 Å². The van der Waals surface area contributed by atoms with E-state index in [1.165, 1.54) is 22.3 Å². The molecule has 1 N–H and O–H groups in total. The summed E-state index contributed by atoms with van der Waals surface area (Å²) in [4.78, 5) is 21.3. The maximum atomic E-state index is 12.6. The molecule has 0 aromatic heterocycles. The minimum absolute atomic E-state index is 0. The van der Waals surface area contributed by atoms with Crippen LogP contribution in [0.3, 0.4) is 0 Å². The Morgan fingerprint density at radius 2 is 1.78 bits per heavy atom. The van der Waals surface area contributed by atoms with Gasteiger partial charge < -0.3 is 19.9 Å². The van der Waals surface area contributed by atoms with Gasteiger partial charge in [0.2, 0.25) is 5.91 Å². The van der Waals surface area contributed by atoms with Gasteiger partial charge in [-0.05, 0) is 35.6 Å². The number of halogens is 1. The quantitative estimate of drug-likeness (QED) is 0.267. The normalized spacial score (nSPS) is 18.2. The fraction of sp³-hybridized carbons (Fsp3) is 0.440. The Morgan fingerprint density at radius 1 is 1.09 bits per heavy atom. The minimum Gasteiger partial charge on any atom is -0.370 e. The van der Waals surface area contributed by atoms with Crippen LogP contribution in [0.25, 0.3) is 0 Å². The average molecular weight is 548 g/mol. The third-order valence-electron chi connectivity index (χ3n) is 6.16. The Balaban J connectivity index is 0.00000289. The number of guanidine groups is 1. The van der Waals surface area contributed by atoms with Crippen LogP contribution in [-0.4, -0.2) is 55.0 Å². The summed E-state index contributed by atoms with van der Waals surface area (Å²) in [5.74, 6) is 1.10. The molecule has 0 spiro atoms. The number of morpholine rings is 1. The number of nitrogens with zero attached hydrogens (tertiary/aromatic N) is 3. The number of amides is 1. The van der Waals surface area contributed by atoms with Crippen LogP contribution < -0.4 is 5.32 Å². The summed E-state index contributed by atoms with van der Waals surface area (Å²) in [5.41, 5.74) is 5.02. The zero-order chi connectivity index (χ0) is 21.6. The molecular formula is C25H33IN4O2. The summed E-state index contributed by atoms with van der Waals surface area (Å²) in [5, 5.41) is 3.44. The zero-order valence-electron chi connectivity index (χ0n) is 18.9. The number of carbonyl (C=O) groups is 1. The number of aryl methyl sites for hydroxylation is 1. The number of nitrogens with one attached hydrogen (secondary N) is 1. The summed E-state index contributed by atoms with van der Waals surface area (Å²) in [6.45, 7) is 6.58. The lowest BCUT2D eigenvalue weighted by Crippen LogP contribution is -2.48. The first-order valence-electron chi connectivity index (χ1n) is 11.1. The maximum absolute atomic E-state index is 12.6. The van der Waals surface area contributed by atoms with Gasteiger partial charge in [-0.1, -0.05) is 48.5 Å². The van der Waals surface area contributed by atoms with E-state index in [0.29, 0.717) is 13.0 Å².